The van der Waals surface area contributed by atoms with Gasteiger partial charge in [-0.05, 0) is 43.2 Å². The fourth-order valence-electron chi connectivity index (χ4n) is 2.95. The minimum atomic E-state index is -3.89. The minimum Gasteiger partial charge on any atom is -0.497 e. The van der Waals surface area contributed by atoms with E-state index in [1.165, 1.54) is 18.2 Å². The Morgan fingerprint density at radius 1 is 1.18 bits per heavy atom. The molecule has 0 unspecified atom stereocenters. The number of benzene rings is 2. The quantitative estimate of drug-likeness (QED) is 0.728. The lowest BCUT2D eigenvalue weighted by Crippen LogP contribution is -2.50. The summed E-state index contributed by atoms with van der Waals surface area (Å²) in [5, 5.41) is 2.82. The maximum absolute atomic E-state index is 14.3. The van der Waals surface area contributed by atoms with E-state index < -0.39 is 27.8 Å². The Labute approximate surface area is 165 Å². The van der Waals surface area contributed by atoms with E-state index in [4.69, 9.17) is 4.74 Å². The number of amides is 1. The third kappa shape index (κ3) is 5.01. The van der Waals surface area contributed by atoms with Crippen molar-refractivity contribution < 1.29 is 22.3 Å². The van der Waals surface area contributed by atoms with E-state index in [0.29, 0.717) is 5.75 Å². The second kappa shape index (κ2) is 9.05. The molecule has 1 N–H and O–H groups in total. The normalized spacial score (nSPS) is 13.5. The van der Waals surface area contributed by atoms with Crippen LogP contribution in [0.25, 0.3) is 0 Å². The van der Waals surface area contributed by atoms with Crippen LogP contribution in [0, 0.1) is 5.82 Å². The smallest absolute Gasteiger partial charge is 0.244 e. The number of rotatable bonds is 8. The lowest BCUT2D eigenvalue weighted by Gasteiger charge is -2.31. The number of anilines is 1. The molecule has 2 rings (SSSR count). The molecule has 0 aliphatic rings. The highest BCUT2D eigenvalue weighted by atomic mass is 32.2. The minimum absolute atomic E-state index is 0.149. The summed E-state index contributed by atoms with van der Waals surface area (Å²) in [4.78, 5) is 12.9. The third-order valence-corrected chi connectivity index (χ3v) is 5.56. The number of nitrogens with one attached hydrogen (secondary N) is 1. The van der Waals surface area contributed by atoms with Crippen LogP contribution in [-0.2, 0) is 14.8 Å². The van der Waals surface area contributed by atoms with Crippen LogP contribution in [0.2, 0.25) is 0 Å². The van der Waals surface area contributed by atoms with Crippen molar-refractivity contribution in [3.63, 3.8) is 0 Å². The predicted molar refractivity (Wildman–Crippen MR) is 107 cm³/mol. The van der Waals surface area contributed by atoms with Crippen LogP contribution in [0.5, 0.6) is 5.75 Å². The van der Waals surface area contributed by atoms with E-state index in [9.17, 15) is 17.6 Å². The molecule has 0 aliphatic heterocycles. The van der Waals surface area contributed by atoms with Crippen LogP contribution in [0.3, 0.4) is 0 Å². The largest absolute Gasteiger partial charge is 0.497 e. The van der Waals surface area contributed by atoms with Crippen LogP contribution in [-0.4, -0.2) is 33.7 Å². The molecule has 0 saturated heterocycles. The van der Waals surface area contributed by atoms with Crippen molar-refractivity contribution in [1.82, 2.24) is 5.32 Å². The Balaban J connectivity index is 2.29. The molecule has 2 atom stereocenters. The topological polar surface area (TPSA) is 75.7 Å². The second-order valence-corrected chi connectivity index (χ2v) is 8.30. The number of nitrogens with zero attached hydrogens (tertiary/aromatic N) is 1. The van der Waals surface area contributed by atoms with Crippen LogP contribution in [0.15, 0.2) is 48.5 Å². The maximum atomic E-state index is 14.3. The molecule has 28 heavy (non-hydrogen) atoms. The van der Waals surface area contributed by atoms with Gasteiger partial charge in [0.25, 0.3) is 0 Å². The van der Waals surface area contributed by atoms with E-state index in [-0.39, 0.29) is 18.2 Å². The maximum Gasteiger partial charge on any atom is 0.244 e. The Kier molecular flexibility index (Phi) is 7.01. The molecule has 0 aromatic heterocycles. The van der Waals surface area contributed by atoms with Crippen LogP contribution >= 0.6 is 0 Å². The Bertz CT molecular complexity index is 916. The van der Waals surface area contributed by atoms with Gasteiger partial charge >= 0.3 is 0 Å². The monoisotopic (exact) mass is 408 g/mol. The average molecular weight is 408 g/mol. The van der Waals surface area contributed by atoms with E-state index >= 15 is 0 Å². The fourth-order valence-corrected chi connectivity index (χ4v) is 4.16. The number of carbonyl (C=O) groups excluding carboxylic acids is 1. The number of ether oxygens (including phenoxy) is 1. The molecule has 0 fully saturated rings. The standard InChI is InChI=1S/C20H25FN2O4S/c1-5-18(23(28(4,25)26)19-9-7-6-8-17(19)21)20(24)22-14(2)15-10-12-16(27-3)13-11-15/h6-14,18H,5H2,1-4H3,(H,22,24)/t14-,18+/m1/s1. The molecule has 8 heteroatoms. The predicted octanol–water partition coefficient (Wildman–Crippen LogP) is 3.26. The number of para-hydroxylation sites is 1. The van der Waals surface area contributed by atoms with E-state index in [1.807, 2.05) is 12.1 Å². The van der Waals surface area contributed by atoms with Crippen LogP contribution in [0.1, 0.15) is 31.9 Å². The van der Waals surface area contributed by atoms with Crippen LogP contribution in [0.4, 0.5) is 10.1 Å². The zero-order chi connectivity index (χ0) is 20.9. The lowest BCUT2D eigenvalue weighted by atomic mass is 10.1. The zero-order valence-electron chi connectivity index (χ0n) is 16.3. The second-order valence-electron chi connectivity index (χ2n) is 6.44. The Morgan fingerprint density at radius 2 is 1.79 bits per heavy atom. The van der Waals surface area contributed by atoms with Crippen LogP contribution < -0.4 is 14.4 Å². The molecule has 0 spiro atoms. The fraction of sp³-hybridized carbons (Fsp3) is 0.350. The van der Waals surface area contributed by atoms with Gasteiger partial charge in [0.15, 0.2) is 0 Å². The molecule has 2 aromatic rings. The Morgan fingerprint density at radius 3 is 2.29 bits per heavy atom. The summed E-state index contributed by atoms with van der Waals surface area (Å²) in [6.07, 6.45) is 1.14. The number of halogens is 1. The van der Waals surface area contributed by atoms with Crippen molar-refractivity contribution in [2.24, 2.45) is 0 Å². The lowest BCUT2D eigenvalue weighted by molar-refractivity contribution is -0.122. The summed E-state index contributed by atoms with van der Waals surface area (Å²) >= 11 is 0. The first kappa shape index (κ1) is 21.7. The first-order chi connectivity index (χ1) is 13.2. The van der Waals surface area contributed by atoms with Crippen molar-refractivity contribution in [2.75, 3.05) is 17.7 Å². The summed E-state index contributed by atoms with van der Waals surface area (Å²) in [5.74, 6) is -0.515. The van der Waals surface area contributed by atoms with Gasteiger partial charge in [-0.1, -0.05) is 31.2 Å². The summed E-state index contributed by atoms with van der Waals surface area (Å²) in [6.45, 7) is 3.47. The van der Waals surface area contributed by atoms with Crippen molar-refractivity contribution in [1.29, 1.82) is 0 Å². The summed E-state index contributed by atoms with van der Waals surface area (Å²) in [5.41, 5.74) is 0.685. The van der Waals surface area contributed by atoms with E-state index in [1.54, 1.807) is 33.1 Å². The third-order valence-electron chi connectivity index (χ3n) is 4.39. The van der Waals surface area contributed by atoms with E-state index in [2.05, 4.69) is 5.32 Å². The molecular weight excluding hydrogens is 383 g/mol. The average Bonchev–Trinajstić information content (AvgIpc) is 2.65. The number of methoxy groups -OCH3 is 1. The summed E-state index contributed by atoms with van der Waals surface area (Å²) in [6, 6.07) is 11.2. The van der Waals surface area contributed by atoms with Gasteiger partial charge < -0.3 is 10.1 Å². The van der Waals surface area contributed by atoms with Gasteiger partial charge in [0.2, 0.25) is 15.9 Å². The molecule has 0 aliphatic carbocycles. The van der Waals surface area contributed by atoms with Crippen molar-refractivity contribution in [3.05, 3.63) is 59.9 Å². The number of carbonyl (C=O) groups is 1. The van der Waals surface area contributed by atoms with Crippen molar-refractivity contribution in [3.8, 4) is 5.75 Å². The van der Waals surface area contributed by atoms with Gasteiger partial charge in [-0.15, -0.1) is 0 Å². The van der Waals surface area contributed by atoms with Gasteiger partial charge in [0, 0.05) is 0 Å². The highest BCUT2D eigenvalue weighted by molar-refractivity contribution is 7.92. The van der Waals surface area contributed by atoms with Gasteiger partial charge in [-0.2, -0.15) is 0 Å². The highest BCUT2D eigenvalue weighted by Crippen LogP contribution is 2.26. The molecule has 6 nitrogen and oxygen atoms in total. The Hall–Kier alpha value is -2.61. The number of sulfonamides is 1. The first-order valence-electron chi connectivity index (χ1n) is 8.87. The molecule has 1 amide bonds. The highest BCUT2D eigenvalue weighted by Gasteiger charge is 2.33. The molecule has 0 radical (unpaired) electrons. The molecule has 0 heterocycles. The van der Waals surface area contributed by atoms with Gasteiger partial charge in [0.05, 0.1) is 25.1 Å². The summed E-state index contributed by atoms with van der Waals surface area (Å²) < 4.78 is 45.0. The molecular formula is C20H25FN2O4S. The zero-order valence-corrected chi connectivity index (χ0v) is 17.2. The molecule has 152 valence electrons. The first-order valence-corrected chi connectivity index (χ1v) is 10.7. The molecule has 2 aromatic carbocycles. The number of hydrogen-bond donors (Lipinski definition) is 1. The van der Waals surface area contributed by atoms with Crippen molar-refractivity contribution >= 4 is 21.6 Å². The molecule has 0 saturated carbocycles. The number of hydrogen-bond acceptors (Lipinski definition) is 4. The summed E-state index contributed by atoms with van der Waals surface area (Å²) in [7, 11) is -2.33. The van der Waals surface area contributed by atoms with Gasteiger partial charge in [-0.25, -0.2) is 12.8 Å². The SMILES string of the molecule is CC[C@@H](C(=O)N[C@H](C)c1ccc(OC)cc1)N(c1ccccc1F)S(C)(=O)=O. The van der Waals surface area contributed by atoms with Crippen molar-refractivity contribution in [2.45, 2.75) is 32.4 Å². The van der Waals surface area contributed by atoms with E-state index in [0.717, 1.165) is 22.2 Å². The van der Waals surface area contributed by atoms with Gasteiger partial charge in [-0.3, -0.25) is 9.10 Å². The molecule has 0 bridgehead atoms. The van der Waals surface area contributed by atoms with Gasteiger partial charge in [0.1, 0.15) is 17.6 Å².